The molecule has 1 amide bonds. The molecule has 6 nitrogen and oxygen atoms in total. The number of ether oxygens (including phenoxy) is 1. The number of aromatic nitrogens is 3. The Balaban J connectivity index is 1.48. The Kier molecular flexibility index (Phi) is 4.64. The molecule has 1 aliphatic rings. The first-order valence-electron chi connectivity index (χ1n) is 9.70. The van der Waals surface area contributed by atoms with Crippen molar-refractivity contribution in [3.05, 3.63) is 77.2 Å². The summed E-state index contributed by atoms with van der Waals surface area (Å²) in [6.45, 7) is 0.533. The smallest absolute Gasteiger partial charge is 0.273 e. The first kappa shape index (κ1) is 18.6. The topological polar surface area (TPSA) is 69.0 Å². The molecule has 5 rings (SSSR count). The number of rotatable bonds is 3. The van der Waals surface area contributed by atoms with Gasteiger partial charge in [0.05, 0.1) is 23.2 Å². The number of amides is 1. The lowest BCUT2D eigenvalue weighted by Crippen LogP contribution is -2.32. The summed E-state index contributed by atoms with van der Waals surface area (Å²) in [4.78, 5) is 17.3. The van der Waals surface area contributed by atoms with Gasteiger partial charge in [0, 0.05) is 42.4 Å². The van der Waals surface area contributed by atoms with Crippen LogP contribution in [0, 0.1) is 0 Å². The van der Waals surface area contributed by atoms with Crippen LogP contribution in [0.15, 0.2) is 60.9 Å². The standard InChI is InChI=1S/C23H19ClN4O2/c1-28-13-18(24)22(27-28)23(29)26-20-8-9-30-21-7-6-14(11-17(20)21)16-10-15-4-2-3-5-19(15)25-12-16/h2-7,10-13,20H,8-9H2,1H3,(H,26,29). The van der Waals surface area contributed by atoms with Gasteiger partial charge in [-0.1, -0.05) is 35.9 Å². The molecule has 2 aromatic carbocycles. The largest absolute Gasteiger partial charge is 0.493 e. The Morgan fingerprint density at radius 1 is 1.20 bits per heavy atom. The van der Waals surface area contributed by atoms with Crippen molar-refractivity contribution in [2.45, 2.75) is 12.5 Å². The van der Waals surface area contributed by atoms with Gasteiger partial charge >= 0.3 is 0 Å². The van der Waals surface area contributed by atoms with Crippen LogP contribution < -0.4 is 10.1 Å². The summed E-state index contributed by atoms with van der Waals surface area (Å²) < 4.78 is 7.34. The van der Waals surface area contributed by atoms with Crippen molar-refractivity contribution in [1.29, 1.82) is 0 Å². The summed E-state index contributed by atoms with van der Waals surface area (Å²) in [7, 11) is 1.73. The van der Waals surface area contributed by atoms with Gasteiger partial charge < -0.3 is 10.1 Å². The fourth-order valence-corrected chi connectivity index (χ4v) is 4.06. The molecule has 1 N–H and O–H groups in total. The van der Waals surface area contributed by atoms with Crippen LogP contribution in [-0.2, 0) is 7.05 Å². The highest BCUT2D eigenvalue weighted by Crippen LogP contribution is 2.36. The highest BCUT2D eigenvalue weighted by molar-refractivity contribution is 6.33. The van der Waals surface area contributed by atoms with Crippen LogP contribution >= 0.6 is 11.6 Å². The van der Waals surface area contributed by atoms with E-state index in [0.29, 0.717) is 18.1 Å². The van der Waals surface area contributed by atoms with E-state index in [1.807, 2.05) is 42.6 Å². The Bertz CT molecular complexity index is 1270. The maximum atomic E-state index is 12.7. The van der Waals surface area contributed by atoms with Gasteiger partial charge in [-0.05, 0) is 29.8 Å². The summed E-state index contributed by atoms with van der Waals surface area (Å²) in [5.74, 6) is 0.479. The first-order chi connectivity index (χ1) is 14.6. The average Bonchev–Trinajstić information content (AvgIpc) is 3.11. The predicted octanol–water partition coefficient (Wildman–Crippen LogP) is 4.54. The van der Waals surface area contributed by atoms with E-state index >= 15 is 0 Å². The number of benzene rings is 2. The molecule has 1 unspecified atom stereocenters. The molecule has 0 saturated carbocycles. The molecule has 0 saturated heterocycles. The Morgan fingerprint density at radius 3 is 2.90 bits per heavy atom. The summed E-state index contributed by atoms with van der Waals surface area (Å²) >= 11 is 6.14. The lowest BCUT2D eigenvalue weighted by Gasteiger charge is -2.27. The fourth-order valence-electron chi connectivity index (χ4n) is 3.79. The zero-order valence-corrected chi connectivity index (χ0v) is 17.1. The van der Waals surface area contributed by atoms with Crippen molar-refractivity contribution in [3.63, 3.8) is 0 Å². The van der Waals surface area contributed by atoms with Gasteiger partial charge in [0.2, 0.25) is 0 Å². The number of fused-ring (bicyclic) bond motifs is 2. The van der Waals surface area contributed by atoms with Crippen LogP contribution in [0.3, 0.4) is 0 Å². The van der Waals surface area contributed by atoms with Crippen molar-refractivity contribution in [3.8, 4) is 16.9 Å². The van der Waals surface area contributed by atoms with E-state index in [-0.39, 0.29) is 17.6 Å². The average molecular weight is 419 g/mol. The number of halogens is 1. The molecular weight excluding hydrogens is 400 g/mol. The van der Waals surface area contributed by atoms with Crippen molar-refractivity contribution in [2.75, 3.05) is 6.61 Å². The molecule has 150 valence electrons. The third kappa shape index (κ3) is 3.39. The van der Waals surface area contributed by atoms with E-state index in [4.69, 9.17) is 16.3 Å². The van der Waals surface area contributed by atoms with Gasteiger partial charge in [-0.3, -0.25) is 14.5 Å². The monoisotopic (exact) mass is 418 g/mol. The third-order valence-electron chi connectivity index (χ3n) is 5.28. The zero-order valence-electron chi connectivity index (χ0n) is 16.3. The van der Waals surface area contributed by atoms with Crippen LogP contribution in [0.5, 0.6) is 5.75 Å². The molecule has 0 aliphatic carbocycles. The summed E-state index contributed by atoms with van der Waals surface area (Å²) in [5.41, 5.74) is 4.15. The second-order valence-electron chi connectivity index (χ2n) is 7.33. The number of pyridine rings is 1. The van der Waals surface area contributed by atoms with E-state index in [9.17, 15) is 4.79 Å². The first-order valence-corrected chi connectivity index (χ1v) is 10.1. The number of hydrogen-bond acceptors (Lipinski definition) is 4. The number of para-hydroxylation sites is 1. The van der Waals surface area contributed by atoms with Crippen LogP contribution in [0.2, 0.25) is 5.02 Å². The van der Waals surface area contributed by atoms with E-state index < -0.39 is 0 Å². The van der Waals surface area contributed by atoms with Crippen molar-refractivity contribution in [2.24, 2.45) is 7.05 Å². The molecule has 4 aromatic rings. The maximum absolute atomic E-state index is 12.7. The molecule has 0 radical (unpaired) electrons. The highest BCUT2D eigenvalue weighted by atomic mass is 35.5. The van der Waals surface area contributed by atoms with Crippen LogP contribution in [0.1, 0.15) is 28.5 Å². The molecule has 1 atom stereocenters. The lowest BCUT2D eigenvalue weighted by molar-refractivity contribution is 0.0919. The second-order valence-corrected chi connectivity index (χ2v) is 7.74. The van der Waals surface area contributed by atoms with Gasteiger partial charge in [0.25, 0.3) is 5.91 Å². The van der Waals surface area contributed by atoms with Crippen molar-refractivity contribution in [1.82, 2.24) is 20.1 Å². The SMILES string of the molecule is Cn1cc(Cl)c(C(=O)NC2CCOc3ccc(-c4cnc5ccccc5c4)cc32)n1. The Hall–Kier alpha value is -3.38. The Labute approximate surface area is 178 Å². The van der Waals surface area contributed by atoms with E-state index in [0.717, 1.165) is 33.3 Å². The molecule has 0 bridgehead atoms. The molecule has 0 spiro atoms. The summed E-state index contributed by atoms with van der Waals surface area (Å²) in [6, 6.07) is 16.0. The number of carbonyl (C=O) groups is 1. The van der Waals surface area contributed by atoms with Crippen molar-refractivity contribution < 1.29 is 9.53 Å². The summed E-state index contributed by atoms with van der Waals surface area (Å²) in [5, 5.41) is 8.63. The molecular formula is C23H19ClN4O2. The number of carbonyl (C=O) groups excluding carboxylic acids is 1. The summed E-state index contributed by atoms with van der Waals surface area (Å²) in [6.07, 6.45) is 4.15. The quantitative estimate of drug-likeness (QED) is 0.530. The number of nitrogens with one attached hydrogen (secondary N) is 1. The third-order valence-corrected chi connectivity index (χ3v) is 5.55. The Morgan fingerprint density at radius 2 is 2.07 bits per heavy atom. The van der Waals surface area contributed by atoms with Gasteiger partial charge in [0.15, 0.2) is 5.69 Å². The molecule has 3 heterocycles. The van der Waals surface area contributed by atoms with Crippen LogP contribution in [0.4, 0.5) is 0 Å². The minimum absolute atomic E-state index is 0.187. The molecule has 2 aromatic heterocycles. The number of aryl methyl sites for hydroxylation is 1. The lowest BCUT2D eigenvalue weighted by atomic mass is 9.95. The molecule has 30 heavy (non-hydrogen) atoms. The van der Waals surface area contributed by atoms with Crippen LogP contribution in [-0.4, -0.2) is 27.3 Å². The van der Waals surface area contributed by atoms with Crippen molar-refractivity contribution >= 4 is 28.4 Å². The minimum Gasteiger partial charge on any atom is -0.493 e. The molecule has 7 heteroatoms. The van der Waals surface area contributed by atoms with E-state index in [2.05, 4.69) is 27.5 Å². The molecule has 1 aliphatic heterocycles. The van der Waals surface area contributed by atoms with E-state index in [1.165, 1.54) is 4.68 Å². The van der Waals surface area contributed by atoms with Crippen LogP contribution in [0.25, 0.3) is 22.0 Å². The second kappa shape index (κ2) is 7.46. The van der Waals surface area contributed by atoms with E-state index in [1.54, 1.807) is 13.2 Å². The number of hydrogen-bond donors (Lipinski definition) is 1. The van der Waals surface area contributed by atoms with Gasteiger partial charge in [-0.25, -0.2) is 0 Å². The van der Waals surface area contributed by atoms with Gasteiger partial charge in [-0.2, -0.15) is 5.10 Å². The number of nitrogens with zero attached hydrogens (tertiary/aromatic N) is 3. The fraction of sp³-hybridized carbons (Fsp3) is 0.174. The van der Waals surface area contributed by atoms with Gasteiger partial charge in [0.1, 0.15) is 5.75 Å². The molecule has 0 fully saturated rings. The normalized spacial score (nSPS) is 15.5. The minimum atomic E-state index is -0.295. The maximum Gasteiger partial charge on any atom is 0.273 e. The highest BCUT2D eigenvalue weighted by Gasteiger charge is 2.26. The van der Waals surface area contributed by atoms with Gasteiger partial charge in [-0.15, -0.1) is 0 Å². The predicted molar refractivity (Wildman–Crippen MR) is 116 cm³/mol. The zero-order chi connectivity index (χ0) is 20.7.